The first-order valence-electron chi connectivity index (χ1n) is 6.92. The van der Waals surface area contributed by atoms with Gasteiger partial charge in [-0.25, -0.2) is 4.68 Å². The molecular weight excluding hydrogens is 252 g/mol. The van der Waals surface area contributed by atoms with E-state index in [9.17, 15) is 0 Å². The molecule has 1 saturated carbocycles. The fourth-order valence-corrected chi connectivity index (χ4v) is 3.16. The summed E-state index contributed by atoms with van der Waals surface area (Å²) in [7, 11) is 0. The van der Waals surface area contributed by atoms with Gasteiger partial charge in [0.25, 0.3) is 0 Å². The molecule has 20 heavy (non-hydrogen) atoms. The van der Waals surface area contributed by atoms with Gasteiger partial charge in [0.05, 0.1) is 6.04 Å². The molecule has 1 aliphatic carbocycles. The number of nitrogens with zero attached hydrogens (tertiary/aromatic N) is 4. The third-order valence-corrected chi connectivity index (χ3v) is 4.22. The van der Waals surface area contributed by atoms with Crippen LogP contribution in [0.2, 0.25) is 0 Å². The minimum atomic E-state index is 0.204. The van der Waals surface area contributed by atoms with E-state index in [4.69, 9.17) is 11.5 Å². The van der Waals surface area contributed by atoms with Crippen LogP contribution in [-0.2, 0) is 0 Å². The fourth-order valence-electron chi connectivity index (χ4n) is 3.16. The van der Waals surface area contributed by atoms with Gasteiger partial charge in [-0.1, -0.05) is 20.3 Å². The summed E-state index contributed by atoms with van der Waals surface area (Å²) >= 11 is 0. The summed E-state index contributed by atoms with van der Waals surface area (Å²) in [5, 5.41) is 12.2. The first kappa shape index (κ1) is 12.9. The van der Waals surface area contributed by atoms with Crippen molar-refractivity contribution in [3.05, 3.63) is 18.2 Å². The summed E-state index contributed by atoms with van der Waals surface area (Å²) in [6.45, 7) is 4.54. The number of hydrogen-bond donors (Lipinski definition) is 2. The van der Waals surface area contributed by atoms with Crippen molar-refractivity contribution < 1.29 is 0 Å². The zero-order valence-corrected chi connectivity index (χ0v) is 11.9. The molecular formula is C14H20N6. The summed E-state index contributed by atoms with van der Waals surface area (Å²) in [6.07, 6.45) is 3.49. The van der Waals surface area contributed by atoms with Crippen LogP contribution in [0.15, 0.2) is 18.2 Å². The molecule has 6 heteroatoms. The molecule has 1 atom stereocenters. The molecule has 0 spiro atoms. The van der Waals surface area contributed by atoms with E-state index in [0.29, 0.717) is 17.4 Å². The van der Waals surface area contributed by atoms with Gasteiger partial charge in [-0.3, -0.25) is 0 Å². The van der Waals surface area contributed by atoms with Crippen LogP contribution in [0.3, 0.4) is 0 Å². The van der Waals surface area contributed by atoms with Crippen molar-refractivity contribution in [3.8, 4) is 11.4 Å². The highest BCUT2D eigenvalue weighted by Crippen LogP contribution is 2.46. The monoisotopic (exact) mass is 272 g/mol. The lowest BCUT2D eigenvalue weighted by atomic mass is 9.87. The second kappa shape index (κ2) is 4.47. The Labute approximate surface area is 118 Å². The maximum absolute atomic E-state index is 5.86. The quantitative estimate of drug-likeness (QED) is 0.817. The molecule has 0 amide bonds. The smallest absolute Gasteiger partial charge is 0.182 e. The van der Waals surface area contributed by atoms with E-state index in [2.05, 4.69) is 29.4 Å². The summed E-state index contributed by atoms with van der Waals surface area (Å²) in [5.41, 5.74) is 14.1. The maximum Gasteiger partial charge on any atom is 0.182 e. The highest BCUT2D eigenvalue weighted by molar-refractivity contribution is 5.67. The highest BCUT2D eigenvalue weighted by Gasteiger charge is 2.38. The van der Waals surface area contributed by atoms with Crippen molar-refractivity contribution in [3.63, 3.8) is 0 Å². The summed E-state index contributed by atoms with van der Waals surface area (Å²) in [6, 6.07) is 5.77. The van der Waals surface area contributed by atoms with Crippen LogP contribution in [0, 0.1) is 5.41 Å². The Morgan fingerprint density at radius 1 is 1.20 bits per heavy atom. The van der Waals surface area contributed by atoms with Gasteiger partial charge >= 0.3 is 0 Å². The largest absolute Gasteiger partial charge is 0.399 e. The molecule has 0 aliphatic heterocycles. The van der Waals surface area contributed by atoms with Gasteiger partial charge in [-0.15, -0.1) is 5.10 Å². The van der Waals surface area contributed by atoms with Crippen molar-refractivity contribution in [2.45, 2.75) is 39.2 Å². The average molecular weight is 272 g/mol. The van der Waals surface area contributed by atoms with Crippen molar-refractivity contribution in [1.82, 2.24) is 20.2 Å². The second-order valence-electron chi connectivity index (χ2n) is 6.23. The Morgan fingerprint density at radius 2 is 1.90 bits per heavy atom. The summed E-state index contributed by atoms with van der Waals surface area (Å²) in [5.74, 6) is 0.740. The molecule has 0 saturated heterocycles. The van der Waals surface area contributed by atoms with Crippen LogP contribution in [-0.4, -0.2) is 20.2 Å². The van der Waals surface area contributed by atoms with Crippen LogP contribution in [0.4, 0.5) is 11.4 Å². The van der Waals surface area contributed by atoms with Gasteiger partial charge in [0.1, 0.15) is 0 Å². The Bertz CT molecular complexity index is 610. The van der Waals surface area contributed by atoms with Gasteiger partial charge in [0, 0.05) is 16.9 Å². The van der Waals surface area contributed by atoms with Crippen LogP contribution in [0.1, 0.15) is 39.2 Å². The highest BCUT2D eigenvalue weighted by atomic mass is 15.6. The van der Waals surface area contributed by atoms with E-state index >= 15 is 0 Å². The van der Waals surface area contributed by atoms with Crippen molar-refractivity contribution in [2.75, 3.05) is 11.5 Å². The van der Waals surface area contributed by atoms with Gasteiger partial charge < -0.3 is 11.5 Å². The number of nitrogen functional groups attached to an aromatic ring is 2. The molecule has 0 radical (unpaired) electrons. The molecule has 3 rings (SSSR count). The van der Waals surface area contributed by atoms with E-state index in [1.807, 2.05) is 16.8 Å². The molecule has 2 aromatic rings. The molecule has 1 aromatic carbocycles. The first-order chi connectivity index (χ1) is 9.47. The van der Waals surface area contributed by atoms with Crippen LogP contribution >= 0.6 is 0 Å². The lowest BCUT2D eigenvalue weighted by Crippen LogP contribution is -2.23. The molecule has 1 aliphatic rings. The fraction of sp³-hybridized carbons (Fsp3) is 0.500. The zero-order valence-electron chi connectivity index (χ0n) is 11.9. The van der Waals surface area contributed by atoms with Gasteiger partial charge in [-0.2, -0.15) is 0 Å². The molecule has 1 fully saturated rings. The molecule has 6 nitrogen and oxygen atoms in total. The van der Waals surface area contributed by atoms with Crippen molar-refractivity contribution in [2.24, 2.45) is 5.41 Å². The lowest BCUT2D eigenvalue weighted by molar-refractivity contribution is 0.242. The number of hydrogen-bond acceptors (Lipinski definition) is 5. The van der Waals surface area contributed by atoms with E-state index in [1.54, 1.807) is 6.07 Å². The Kier molecular flexibility index (Phi) is 2.88. The molecule has 0 bridgehead atoms. The van der Waals surface area contributed by atoms with Crippen molar-refractivity contribution in [1.29, 1.82) is 0 Å². The summed E-state index contributed by atoms with van der Waals surface area (Å²) in [4.78, 5) is 0. The molecule has 1 heterocycles. The van der Waals surface area contributed by atoms with E-state index < -0.39 is 0 Å². The Balaban J connectivity index is 2.06. The predicted octanol–water partition coefficient (Wildman–Crippen LogP) is 2.26. The molecule has 1 unspecified atom stereocenters. The van der Waals surface area contributed by atoms with Crippen LogP contribution < -0.4 is 11.5 Å². The SMILES string of the molecule is CC1(C)CCCC1n1nnnc1-c1cc(N)cc(N)c1. The topological polar surface area (TPSA) is 95.6 Å². The standard InChI is InChI=1S/C14H20N6/c1-14(2)5-3-4-12(14)20-13(17-18-19-20)9-6-10(15)8-11(16)7-9/h6-8,12H,3-5,15-16H2,1-2H3. The van der Waals surface area contributed by atoms with Gasteiger partial charge in [0.2, 0.25) is 0 Å². The predicted molar refractivity (Wildman–Crippen MR) is 78.7 cm³/mol. The Hall–Kier alpha value is -2.11. The van der Waals surface area contributed by atoms with E-state index in [1.165, 1.54) is 12.8 Å². The Morgan fingerprint density at radius 3 is 2.50 bits per heavy atom. The van der Waals surface area contributed by atoms with Crippen LogP contribution in [0.25, 0.3) is 11.4 Å². The zero-order chi connectivity index (χ0) is 14.3. The third-order valence-electron chi connectivity index (χ3n) is 4.22. The minimum absolute atomic E-state index is 0.204. The number of nitrogens with two attached hydrogens (primary N) is 2. The molecule has 106 valence electrons. The van der Waals surface area contributed by atoms with E-state index in [-0.39, 0.29) is 5.41 Å². The van der Waals surface area contributed by atoms with E-state index in [0.717, 1.165) is 17.8 Å². The number of anilines is 2. The summed E-state index contributed by atoms with van der Waals surface area (Å²) < 4.78 is 1.93. The lowest BCUT2D eigenvalue weighted by Gasteiger charge is -2.27. The average Bonchev–Trinajstić information content (AvgIpc) is 2.93. The number of benzene rings is 1. The second-order valence-corrected chi connectivity index (χ2v) is 6.23. The number of tetrazole rings is 1. The first-order valence-corrected chi connectivity index (χ1v) is 6.92. The van der Waals surface area contributed by atoms with Crippen LogP contribution in [0.5, 0.6) is 0 Å². The van der Waals surface area contributed by atoms with Gasteiger partial charge in [0.15, 0.2) is 5.82 Å². The third kappa shape index (κ3) is 2.11. The number of rotatable bonds is 2. The van der Waals surface area contributed by atoms with Crippen molar-refractivity contribution >= 4 is 11.4 Å². The van der Waals surface area contributed by atoms with Gasteiger partial charge in [-0.05, 0) is 46.9 Å². The normalized spacial score (nSPS) is 21.2. The molecule has 1 aromatic heterocycles. The number of aromatic nitrogens is 4. The maximum atomic E-state index is 5.86. The minimum Gasteiger partial charge on any atom is -0.399 e. The molecule has 4 N–H and O–H groups in total.